The van der Waals surface area contributed by atoms with E-state index in [0.29, 0.717) is 44.5 Å². The number of rotatable bonds is 5. The number of halogens is 1. The first-order valence-electron chi connectivity index (χ1n) is 7.56. The first kappa shape index (κ1) is 18.1. The Morgan fingerprint density at radius 2 is 1.81 bits per heavy atom. The van der Waals surface area contributed by atoms with Gasteiger partial charge >= 0.3 is 5.97 Å². The zero-order chi connectivity index (χ0) is 18.8. The molecule has 0 unspecified atom stereocenters. The SMILES string of the molecule is COc1cc(C(=O)Oc2ccc3nc(C)oc3c2)c(Br)c(OC)c1OC. The molecule has 0 atom stereocenters. The third-order valence-electron chi connectivity index (χ3n) is 3.67. The van der Waals surface area contributed by atoms with Crippen molar-refractivity contribution in [1.82, 2.24) is 4.98 Å². The minimum atomic E-state index is -0.591. The third-order valence-corrected chi connectivity index (χ3v) is 4.45. The van der Waals surface area contributed by atoms with Gasteiger partial charge < -0.3 is 23.4 Å². The molecule has 7 nitrogen and oxygen atoms in total. The fourth-order valence-corrected chi connectivity index (χ4v) is 3.13. The molecule has 0 spiro atoms. The molecule has 0 bridgehead atoms. The van der Waals surface area contributed by atoms with E-state index >= 15 is 0 Å². The number of aryl methyl sites for hydroxylation is 1. The van der Waals surface area contributed by atoms with Crippen LogP contribution in [-0.4, -0.2) is 32.3 Å². The van der Waals surface area contributed by atoms with Gasteiger partial charge in [-0.25, -0.2) is 9.78 Å². The van der Waals surface area contributed by atoms with Crippen molar-refractivity contribution in [3.63, 3.8) is 0 Å². The topological polar surface area (TPSA) is 80.0 Å². The normalized spacial score (nSPS) is 10.7. The number of hydrogen-bond acceptors (Lipinski definition) is 7. The maximum atomic E-state index is 12.7. The molecule has 1 aromatic heterocycles. The van der Waals surface area contributed by atoms with E-state index in [0.717, 1.165) is 0 Å². The molecule has 26 heavy (non-hydrogen) atoms. The number of methoxy groups -OCH3 is 3. The number of carbonyl (C=O) groups is 1. The summed E-state index contributed by atoms with van der Waals surface area (Å²) < 4.78 is 27.2. The number of carbonyl (C=O) groups excluding carboxylic acids is 1. The molecule has 8 heteroatoms. The summed E-state index contributed by atoms with van der Waals surface area (Å²) in [5.74, 6) is 1.33. The summed E-state index contributed by atoms with van der Waals surface area (Å²) in [6.45, 7) is 1.75. The van der Waals surface area contributed by atoms with E-state index in [1.165, 1.54) is 27.4 Å². The van der Waals surface area contributed by atoms with Gasteiger partial charge in [0.1, 0.15) is 11.3 Å². The summed E-state index contributed by atoms with van der Waals surface area (Å²) in [6, 6.07) is 6.50. The van der Waals surface area contributed by atoms with Gasteiger partial charge in [0.2, 0.25) is 5.75 Å². The highest BCUT2D eigenvalue weighted by Gasteiger charge is 2.24. The molecular formula is C18H16BrNO6. The van der Waals surface area contributed by atoms with E-state index < -0.39 is 5.97 Å². The Kier molecular flexibility index (Phi) is 5.03. The number of nitrogens with zero attached hydrogens (tertiary/aromatic N) is 1. The van der Waals surface area contributed by atoms with Crippen LogP contribution in [0.2, 0.25) is 0 Å². The fraction of sp³-hybridized carbons (Fsp3) is 0.222. The van der Waals surface area contributed by atoms with Gasteiger partial charge in [-0.2, -0.15) is 0 Å². The second-order valence-electron chi connectivity index (χ2n) is 5.26. The van der Waals surface area contributed by atoms with Crippen LogP contribution in [0.25, 0.3) is 11.1 Å². The Labute approximate surface area is 157 Å². The van der Waals surface area contributed by atoms with Crippen molar-refractivity contribution in [2.24, 2.45) is 0 Å². The summed E-state index contributed by atoms with van der Waals surface area (Å²) in [5.41, 5.74) is 1.46. The van der Waals surface area contributed by atoms with Crippen molar-refractivity contribution in [3.8, 4) is 23.0 Å². The fourth-order valence-electron chi connectivity index (χ4n) is 2.52. The third kappa shape index (κ3) is 3.20. The quantitative estimate of drug-likeness (QED) is 0.452. The molecule has 3 aromatic rings. The smallest absolute Gasteiger partial charge is 0.344 e. The maximum Gasteiger partial charge on any atom is 0.344 e. The number of ether oxygens (including phenoxy) is 4. The minimum absolute atomic E-state index is 0.230. The second kappa shape index (κ2) is 7.25. The second-order valence-corrected chi connectivity index (χ2v) is 6.05. The Bertz CT molecular complexity index is 981. The van der Waals surface area contributed by atoms with Crippen LogP contribution in [0.1, 0.15) is 16.2 Å². The molecule has 0 aliphatic rings. The first-order chi connectivity index (χ1) is 12.5. The molecule has 0 radical (unpaired) electrons. The lowest BCUT2D eigenvalue weighted by molar-refractivity contribution is 0.0733. The Morgan fingerprint density at radius 1 is 1.08 bits per heavy atom. The first-order valence-corrected chi connectivity index (χ1v) is 8.35. The Morgan fingerprint density at radius 3 is 2.46 bits per heavy atom. The average Bonchev–Trinajstić information content (AvgIpc) is 3.00. The van der Waals surface area contributed by atoms with Crippen molar-refractivity contribution in [1.29, 1.82) is 0 Å². The van der Waals surface area contributed by atoms with E-state index in [4.69, 9.17) is 23.4 Å². The molecule has 136 valence electrons. The molecular weight excluding hydrogens is 406 g/mol. The van der Waals surface area contributed by atoms with Crippen molar-refractivity contribution < 1.29 is 28.2 Å². The molecule has 0 fully saturated rings. The predicted octanol–water partition coefficient (Wildman–Crippen LogP) is 4.14. The largest absolute Gasteiger partial charge is 0.493 e. The summed E-state index contributed by atoms with van der Waals surface area (Å²) in [4.78, 5) is 16.9. The van der Waals surface area contributed by atoms with Crippen molar-refractivity contribution in [2.45, 2.75) is 6.92 Å². The standard InChI is InChI=1S/C18H16BrNO6/c1-9-20-12-6-5-10(7-13(12)25-9)26-18(21)11-8-14(22-2)16(23-3)17(24-4)15(11)19/h5-8H,1-4H3. The van der Waals surface area contributed by atoms with Crippen LogP contribution in [-0.2, 0) is 0 Å². The van der Waals surface area contributed by atoms with Gasteiger partial charge in [0.15, 0.2) is 23.0 Å². The average molecular weight is 422 g/mol. The molecule has 3 rings (SSSR count). The number of oxazole rings is 1. The number of fused-ring (bicyclic) bond motifs is 1. The molecule has 2 aromatic carbocycles. The van der Waals surface area contributed by atoms with Crippen LogP contribution < -0.4 is 18.9 Å². The number of hydrogen-bond donors (Lipinski definition) is 0. The van der Waals surface area contributed by atoms with Crippen LogP contribution in [0.4, 0.5) is 0 Å². The summed E-state index contributed by atoms with van der Waals surface area (Å²) >= 11 is 3.36. The summed E-state index contributed by atoms with van der Waals surface area (Å²) in [5, 5.41) is 0. The van der Waals surface area contributed by atoms with Gasteiger partial charge in [-0.1, -0.05) is 0 Å². The van der Waals surface area contributed by atoms with Gasteiger partial charge in [-0.3, -0.25) is 0 Å². The number of benzene rings is 2. The lowest BCUT2D eigenvalue weighted by Gasteiger charge is -2.16. The minimum Gasteiger partial charge on any atom is -0.493 e. The monoisotopic (exact) mass is 421 g/mol. The van der Waals surface area contributed by atoms with Crippen LogP contribution in [0.15, 0.2) is 33.2 Å². The Balaban J connectivity index is 1.98. The lowest BCUT2D eigenvalue weighted by atomic mass is 10.2. The lowest BCUT2D eigenvalue weighted by Crippen LogP contribution is -2.11. The molecule has 0 saturated heterocycles. The summed E-state index contributed by atoms with van der Waals surface area (Å²) in [7, 11) is 4.43. The van der Waals surface area contributed by atoms with Gasteiger partial charge in [0, 0.05) is 13.0 Å². The van der Waals surface area contributed by atoms with Crippen molar-refractivity contribution in [3.05, 3.63) is 40.2 Å². The molecule has 0 saturated carbocycles. The van der Waals surface area contributed by atoms with Crippen LogP contribution in [0.5, 0.6) is 23.0 Å². The van der Waals surface area contributed by atoms with Gasteiger partial charge in [-0.15, -0.1) is 0 Å². The predicted molar refractivity (Wildman–Crippen MR) is 97.5 cm³/mol. The van der Waals surface area contributed by atoms with Crippen LogP contribution in [0.3, 0.4) is 0 Å². The van der Waals surface area contributed by atoms with Gasteiger partial charge in [0.25, 0.3) is 0 Å². The Hall–Kier alpha value is -2.74. The zero-order valence-corrected chi connectivity index (χ0v) is 16.2. The highest BCUT2D eigenvalue weighted by molar-refractivity contribution is 9.10. The van der Waals surface area contributed by atoms with Gasteiger partial charge in [-0.05, 0) is 34.1 Å². The van der Waals surface area contributed by atoms with E-state index in [1.54, 1.807) is 25.1 Å². The van der Waals surface area contributed by atoms with Crippen LogP contribution in [0, 0.1) is 6.92 Å². The molecule has 0 aliphatic carbocycles. The van der Waals surface area contributed by atoms with Crippen molar-refractivity contribution >= 4 is 33.0 Å². The highest BCUT2D eigenvalue weighted by Crippen LogP contribution is 2.45. The summed E-state index contributed by atoms with van der Waals surface area (Å²) in [6.07, 6.45) is 0. The van der Waals surface area contributed by atoms with E-state index in [2.05, 4.69) is 20.9 Å². The van der Waals surface area contributed by atoms with Gasteiger partial charge in [0.05, 0.1) is 31.4 Å². The van der Waals surface area contributed by atoms with E-state index in [9.17, 15) is 4.79 Å². The maximum absolute atomic E-state index is 12.7. The molecule has 0 aliphatic heterocycles. The number of esters is 1. The van der Waals surface area contributed by atoms with Crippen molar-refractivity contribution in [2.75, 3.05) is 21.3 Å². The molecule has 0 N–H and O–H groups in total. The highest BCUT2D eigenvalue weighted by atomic mass is 79.9. The molecule has 0 amide bonds. The van der Waals surface area contributed by atoms with E-state index in [-0.39, 0.29) is 5.56 Å². The zero-order valence-electron chi connectivity index (χ0n) is 14.6. The molecule has 1 heterocycles. The number of aromatic nitrogens is 1. The van der Waals surface area contributed by atoms with Crippen LogP contribution >= 0.6 is 15.9 Å². The van der Waals surface area contributed by atoms with E-state index in [1.807, 2.05) is 0 Å².